The van der Waals surface area contributed by atoms with Gasteiger partial charge in [-0.2, -0.15) is 0 Å². The first-order valence-electron chi connectivity index (χ1n) is 11.4. The zero-order valence-electron chi connectivity index (χ0n) is 19.1. The van der Waals surface area contributed by atoms with E-state index in [1.807, 2.05) is 12.1 Å². The molecule has 1 aliphatic carbocycles. The second-order valence-electron chi connectivity index (χ2n) is 9.35. The number of hydrogen-bond donors (Lipinski definition) is 1. The molecule has 5 atom stereocenters. The molecule has 2 heterocycles. The number of methoxy groups -OCH3 is 2. The summed E-state index contributed by atoms with van der Waals surface area (Å²) in [6.45, 7) is 5.91. The molecule has 1 saturated heterocycles. The minimum atomic E-state index is -0.348. The minimum Gasteiger partial charge on any atom is -0.493 e. The lowest BCUT2D eigenvalue weighted by molar-refractivity contribution is -0.154. The average molecular weight is 434 g/mol. The fourth-order valence-electron chi connectivity index (χ4n) is 5.40. The van der Waals surface area contributed by atoms with Gasteiger partial charge in [0.2, 0.25) is 11.7 Å². The van der Waals surface area contributed by atoms with Crippen LogP contribution in [0.4, 0.5) is 0 Å². The minimum absolute atomic E-state index is 0.0297. The summed E-state index contributed by atoms with van der Waals surface area (Å²) in [4.78, 5) is 12.7. The van der Waals surface area contributed by atoms with E-state index in [0.717, 1.165) is 24.8 Å². The molecule has 0 spiro atoms. The van der Waals surface area contributed by atoms with Gasteiger partial charge in [0.15, 0.2) is 11.5 Å². The van der Waals surface area contributed by atoms with Crippen molar-refractivity contribution in [3.8, 4) is 17.2 Å². The molecule has 1 saturated carbocycles. The molecule has 2 aliphatic heterocycles. The summed E-state index contributed by atoms with van der Waals surface area (Å²) in [5.74, 6) is 2.93. The Morgan fingerprint density at radius 3 is 2.81 bits per heavy atom. The van der Waals surface area contributed by atoms with Crippen LogP contribution in [0.3, 0.4) is 0 Å². The number of hydrogen-bond acceptors (Lipinski definition) is 6. The van der Waals surface area contributed by atoms with Gasteiger partial charge in [0.1, 0.15) is 13.2 Å². The lowest BCUT2D eigenvalue weighted by atomic mass is 9.66. The van der Waals surface area contributed by atoms with Crippen LogP contribution in [-0.2, 0) is 14.3 Å². The van der Waals surface area contributed by atoms with E-state index in [2.05, 4.69) is 19.2 Å². The number of carbonyl (C=O) groups is 1. The summed E-state index contributed by atoms with van der Waals surface area (Å²) >= 11 is 0. The molecule has 1 N–H and O–H groups in total. The fourth-order valence-corrected chi connectivity index (χ4v) is 5.40. The summed E-state index contributed by atoms with van der Waals surface area (Å²) in [6, 6.07) is 3.99. The Morgan fingerprint density at radius 1 is 1.23 bits per heavy atom. The van der Waals surface area contributed by atoms with Gasteiger partial charge in [-0.3, -0.25) is 4.79 Å². The molecule has 2 fully saturated rings. The van der Waals surface area contributed by atoms with Crippen molar-refractivity contribution in [1.29, 1.82) is 0 Å². The average Bonchev–Trinajstić information content (AvgIpc) is 2.76. The van der Waals surface area contributed by atoms with Crippen LogP contribution in [0.15, 0.2) is 12.1 Å². The molecule has 0 radical (unpaired) electrons. The van der Waals surface area contributed by atoms with E-state index < -0.39 is 0 Å². The number of carbonyl (C=O) groups excluding carboxylic acids is 1. The third-order valence-electron chi connectivity index (χ3n) is 7.00. The molecule has 172 valence electrons. The highest BCUT2D eigenvalue weighted by atomic mass is 16.6. The zero-order chi connectivity index (χ0) is 22.0. The third-order valence-corrected chi connectivity index (χ3v) is 7.00. The second-order valence-corrected chi connectivity index (χ2v) is 9.35. The predicted molar refractivity (Wildman–Crippen MR) is 116 cm³/mol. The zero-order valence-corrected chi connectivity index (χ0v) is 19.1. The largest absolute Gasteiger partial charge is 0.493 e. The predicted octanol–water partition coefficient (Wildman–Crippen LogP) is 3.64. The number of amides is 1. The van der Waals surface area contributed by atoms with E-state index in [9.17, 15) is 4.79 Å². The van der Waals surface area contributed by atoms with Gasteiger partial charge < -0.3 is 29.0 Å². The highest BCUT2D eigenvalue weighted by Gasteiger charge is 2.49. The van der Waals surface area contributed by atoms with Crippen molar-refractivity contribution in [3.63, 3.8) is 0 Å². The van der Waals surface area contributed by atoms with Crippen molar-refractivity contribution in [3.05, 3.63) is 17.7 Å². The van der Waals surface area contributed by atoms with Crippen LogP contribution in [0.25, 0.3) is 0 Å². The number of ether oxygens (including phenoxy) is 5. The van der Waals surface area contributed by atoms with Crippen LogP contribution in [-0.4, -0.2) is 51.6 Å². The van der Waals surface area contributed by atoms with Crippen LogP contribution in [0, 0.1) is 11.8 Å². The van der Waals surface area contributed by atoms with Gasteiger partial charge >= 0.3 is 0 Å². The highest BCUT2D eigenvalue weighted by Crippen LogP contribution is 2.50. The van der Waals surface area contributed by atoms with E-state index in [1.165, 1.54) is 0 Å². The third kappa shape index (κ3) is 4.62. The maximum atomic E-state index is 12.7. The highest BCUT2D eigenvalue weighted by molar-refractivity contribution is 5.77. The first-order valence-corrected chi connectivity index (χ1v) is 11.4. The van der Waals surface area contributed by atoms with E-state index in [0.29, 0.717) is 61.7 Å². The fraction of sp³-hybridized carbons (Fsp3) is 0.708. The van der Waals surface area contributed by atoms with Crippen molar-refractivity contribution < 1.29 is 28.5 Å². The van der Waals surface area contributed by atoms with Crippen molar-refractivity contribution in [2.24, 2.45) is 11.8 Å². The lowest BCUT2D eigenvalue weighted by Gasteiger charge is -2.52. The van der Waals surface area contributed by atoms with Crippen molar-refractivity contribution in [2.75, 3.05) is 34.0 Å². The van der Waals surface area contributed by atoms with Gasteiger partial charge in [-0.15, -0.1) is 0 Å². The van der Waals surface area contributed by atoms with Gasteiger partial charge in [-0.1, -0.05) is 13.3 Å². The van der Waals surface area contributed by atoms with E-state index in [-0.39, 0.29) is 23.7 Å². The molecule has 0 unspecified atom stereocenters. The van der Waals surface area contributed by atoms with Crippen LogP contribution >= 0.6 is 0 Å². The van der Waals surface area contributed by atoms with Crippen LogP contribution in [0.5, 0.6) is 17.2 Å². The van der Waals surface area contributed by atoms with E-state index in [4.69, 9.17) is 23.7 Å². The molecule has 1 aromatic rings. The molecule has 7 nitrogen and oxygen atoms in total. The number of nitrogens with one attached hydrogen (secondary N) is 1. The smallest absolute Gasteiger partial charge is 0.222 e. The normalized spacial score (nSPS) is 32.1. The molecule has 31 heavy (non-hydrogen) atoms. The van der Waals surface area contributed by atoms with Crippen LogP contribution in [0.1, 0.15) is 57.6 Å². The topological polar surface area (TPSA) is 75.3 Å². The number of fused-ring (bicyclic) bond motifs is 2. The maximum Gasteiger partial charge on any atom is 0.222 e. The van der Waals surface area contributed by atoms with Gasteiger partial charge in [-0.25, -0.2) is 0 Å². The molecule has 0 aromatic heterocycles. The SMILES string of the molecule is COCCC(=O)N[C@]1(C)C[C@H](c2cc(OC)c3c(c2)OCCO3)O[C@@H]2C[C@H](C)CC[C@H]21. The summed E-state index contributed by atoms with van der Waals surface area (Å²) in [6.07, 6.45) is 4.23. The Labute approximate surface area is 184 Å². The standard InChI is InChI=1S/C24H35NO6/c1-15-5-6-17-18(11-15)31-21(14-24(17,2)25-22(26)7-8-27-3)16-12-19(28-4)23-20(13-16)29-9-10-30-23/h12-13,15,17-18,21H,5-11,14H2,1-4H3,(H,25,26)/t15-,17-,18-,21-,24-/m1/s1. The maximum absolute atomic E-state index is 12.7. The van der Waals surface area contributed by atoms with Crippen molar-refractivity contribution in [2.45, 2.75) is 63.7 Å². The van der Waals surface area contributed by atoms with Gasteiger partial charge in [0.05, 0.1) is 25.9 Å². The van der Waals surface area contributed by atoms with E-state index in [1.54, 1.807) is 14.2 Å². The van der Waals surface area contributed by atoms with Gasteiger partial charge in [0.25, 0.3) is 0 Å². The Hall–Kier alpha value is -1.99. The Balaban J connectivity index is 1.63. The van der Waals surface area contributed by atoms with Crippen LogP contribution < -0.4 is 19.5 Å². The van der Waals surface area contributed by atoms with Gasteiger partial charge in [0, 0.05) is 31.4 Å². The van der Waals surface area contributed by atoms with E-state index >= 15 is 0 Å². The Kier molecular flexibility index (Phi) is 6.63. The number of benzene rings is 1. The second kappa shape index (κ2) is 9.25. The summed E-state index contributed by atoms with van der Waals surface area (Å²) < 4.78 is 28.9. The van der Waals surface area contributed by atoms with Crippen LogP contribution in [0.2, 0.25) is 0 Å². The molecule has 1 aromatic carbocycles. The molecular weight excluding hydrogens is 398 g/mol. The quantitative estimate of drug-likeness (QED) is 0.738. The molecule has 7 heteroatoms. The summed E-state index contributed by atoms with van der Waals surface area (Å²) in [5, 5.41) is 3.35. The Morgan fingerprint density at radius 2 is 2.03 bits per heavy atom. The molecule has 3 aliphatic rings. The van der Waals surface area contributed by atoms with Crippen molar-refractivity contribution in [1.82, 2.24) is 5.32 Å². The first kappa shape index (κ1) is 22.2. The first-order chi connectivity index (χ1) is 14.9. The monoisotopic (exact) mass is 433 g/mol. The van der Waals surface area contributed by atoms with Gasteiger partial charge in [-0.05, 0) is 43.4 Å². The molecule has 4 rings (SSSR count). The lowest BCUT2D eigenvalue weighted by Crippen LogP contribution is -2.60. The molecule has 0 bridgehead atoms. The summed E-state index contributed by atoms with van der Waals surface area (Å²) in [5.41, 5.74) is 0.647. The molecular formula is C24H35NO6. The summed E-state index contributed by atoms with van der Waals surface area (Å²) in [7, 11) is 3.26. The van der Waals surface area contributed by atoms with Crippen molar-refractivity contribution >= 4 is 5.91 Å². The number of rotatable bonds is 6. The molecule has 1 amide bonds. The Bertz CT molecular complexity index is 781.